The molecule has 5 unspecified atom stereocenters. The van der Waals surface area contributed by atoms with Crippen molar-refractivity contribution in [3.05, 3.63) is 134 Å². The van der Waals surface area contributed by atoms with E-state index in [4.69, 9.17) is 79.1 Å². The van der Waals surface area contributed by atoms with Crippen molar-refractivity contribution in [2.75, 3.05) is 6.54 Å². The van der Waals surface area contributed by atoms with Crippen molar-refractivity contribution < 1.29 is 54.2 Å². The van der Waals surface area contributed by atoms with Crippen LogP contribution in [0.15, 0.2) is 79.6 Å². The zero-order valence-electron chi connectivity index (χ0n) is 42.7. The summed E-state index contributed by atoms with van der Waals surface area (Å²) >= 11 is 42.9. The summed E-state index contributed by atoms with van der Waals surface area (Å²) in [5, 5.41) is -0.975. The molecule has 0 bridgehead atoms. The highest BCUT2D eigenvalue weighted by atomic mass is 79.9. The topological polar surface area (TPSA) is 77.3 Å². The van der Waals surface area contributed by atoms with E-state index in [-0.39, 0.29) is 103 Å². The molecule has 2 heterocycles. The van der Waals surface area contributed by atoms with Crippen LogP contribution in [0.5, 0.6) is 0 Å². The Balaban J connectivity index is 0.000000226. The first-order valence-corrected chi connectivity index (χ1v) is 29.0. The first-order chi connectivity index (χ1) is 36.3. The molecule has 78 heavy (non-hydrogen) atoms. The Kier molecular flexibility index (Phi) is 19.9. The number of hydrogen-bond acceptors (Lipinski definition) is 6. The lowest BCUT2D eigenvalue weighted by Crippen LogP contribution is -2.54. The maximum atomic E-state index is 15.3. The number of ether oxygens (including phenoxy) is 2. The number of alkyl halides is 6. The van der Waals surface area contributed by atoms with Gasteiger partial charge in [-0.3, -0.25) is 19.6 Å². The summed E-state index contributed by atoms with van der Waals surface area (Å²) in [6.07, 6.45) is -5.76. The lowest BCUT2D eigenvalue weighted by molar-refractivity contribution is -0.204. The van der Waals surface area contributed by atoms with Crippen molar-refractivity contribution >= 4 is 125 Å². The van der Waals surface area contributed by atoms with Crippen LogP contribution in [0.1, 0.15) is 108 Å². The van der Waals surface area contributed by atoms with Crippen molar-refractivity contribution in [3.63, 3.8) is 0 Å². The number of carbonyl (C=O) groups excluding carboxylic acids is 2. The van der Waals surface area contributed by atoms with E-state index >= 15 is 26.3 Å². The molecule has 2 aliphatic carbocycles. The van der Waals surface area contributed by atoms with Crippen molar-refractivity contribution in [3.8, 4) is 0 Å². The monoisotopic (exact) mass is 1340 g/mol. The smallest absolute Gasteiger partial charge is 0.404 e. The second-order valence-electron chi connectivity index (χ2n) is 21.6. The lowest BCUT2D eigenvalue weighted by Gasteiger charge is -2.40. The fraction of sp³-hybridized carbons (Fsp3) is 0.500. The fourth-order valence-electron chi connectivity index (χ4n) is 11.6. The normalized spacial score (nSPS) is 28.4. The molecule has 2 fully saturated rings. The molecule has 6 nitrogen and oxygen atoms in total. The fourth-order valence-corrected chi connectivity index (χ4v) is 13.6. The van der Waals surface area contributed by atoms with Gasteiger partial charge in [0.2, 0.25) is 0 Å². The van der Waals surface area contributed by atoms with Gasteiger partial charge in [0.05, 0.1) is 57.4 Å². The van der Waals surface area contributed by atoms with Crippen LogP contribution < -0.4 is 0 Å². The molecular formula is C56H54Br2Cl6F8N2O4. The summed E-state index contributed by atoms with van der Waals surface area (Å²) in [4.78, 5) is 36.5. The van der Waals surface area contributed by atoms with Gasteiger partial charge in [-0.2, -0.15) is 26.3 Å². The molecule has 22 heteroatoms. The van der Waals surface area contributed by atoms with Crippen LogP contribution in [0.4, 0.5) is 35.1 Å². The van der Waals surface area contributed by atoms with Crippen LogP contribution in [0.3, 0.4) is 0 Å². The number of aliphatic imine (C=N–C) groups is 2. The second kappa shape index (κ2) is 24.6. The molecule has 0 aromatic heterocycles. The number of halogens is 16. The Labute approximate surface area is 494 Å². The summed E-state index contributed by atoms with van der Waals surface area (Å²) < 4.78 is 132. The zero-order valence-corrected chi connectivity index (χ0v) is 50.4. The van der Waals surface area contributed by atoms with E-state index in [9.17, 15) is 18.4 Å². The minimum absolute atomic E-state index is 0.00518. The largest absolute Gasteiger partial charge is 0.462 e. The van der Waals surface area contributed by atoms with E-state index in [1.54, 1.807) is 0 Å². The van der Waals surface area contributed by atoms with E-state index in [0.29, 0.717) is 12.8 Å². The van der Waals surface area contributed by atoms with E-state index < -0.39 is 83.4 Å². The molecule has 4 aromatic carbocycles. The minimum Gasteiger partial charge on any atom is -0.462 e. The molecule has 8 rings (SSSR count). The van der Waals surface area contributed by atoms with Gasteiger partial charge in [-0.25, -0.2) is 8.78 Å². The number of carbonyl (C=O) groups is 2. The van der Waals surface area contributed by atoms with E-state index in [1.165, 1.54) is 24.3 Å². The minimum atomic E-state index is -5.01. The molecule has 2 saturated carbocycles. The standard InChI is InChI=1S/2C28H27BrCl3F4NO2/c2*1-13(2)17-6-4-14(3)8-22(17)39-26(38)23-25(15-5-7-21(33)18(29)9-15)37-12-27(23,28(34,35)36)16-10-19(30)24(32)20(31)11-16/h5,7,9-11,13-14,17,22-23H,4,6,8,12H2,1-3H3;5,7,9-14,17,22-23,25H,4,6,8H2,1-3H3/t14-,17+,22-,23?,27?;14-,17+,22-,23?,25?,27?/m00/s1. The molecule has 2 aliphatic heterocycles. The Bertz CT molecular complexity index is 2940. The van der Waals surface area contributed by atoms with Gasteiger partial charge in [-0.05, 0) is 164 Å². The first-order valence-electron chi connectivity index (χ1n) is 25.2. The number of rotatable bonds is 10. The number of esters is 2. The molecule has 4 aliphatic rings. The third-order valence-corrected chi connectivity index (χ3v) is 19.5. The summed E-state index contributed by atoms with van der Waals surface area (Å²) in [5.41, 5.74) is -6.27. The van der Waals surface area contributed by atoms with Crippen LogP contribution in [0.25, 0.3) is 0 Å². The molecule has 11 atom stereocenters. The second-order valence-corrected chi connectivity index (χ2v) is 25.7. The average Bonchev–Trinajstić information content (AvgIpc) is 3.97. The molecule has 424 valence electrons. The SMILES string of the molecule is CC(C)[C@H]1CC[C@H](C)C[C@@H]1OC(=O)C1C(c2ccc(F)c(Br)c2)=NCC1(c1cc(Cl)c(Cl)c(Cl)c1)C(F)(F)F.CC(C)[C@H]1CC[C@H](C)C[C@@H]1OC(=O)C1C(c2ccc(F)c(Br)c2)N=CC1(c1cc(Cl)c(Cl)c(Cl)c1)C(F)(F)F. The third kappa shape index (κ3) is 12.5. The number of nitrogens with zero attached hydrogens (tertiary/aromatic N) is 2. The number of benzene rings is 4. The maximum absolute atomic E-state index is 15.3. The molecular weight excluding hydrogens is 1290 g/mol. The van der Waals surface area contributed by atoms with Gasteiger partial charge in [0, 0.05) is 6.21 Å². The van der Waals surface area contributed by atoms with Crippen molar-refractivity contribution in [1.29, 1.82) is 0 Å². The molecule has 4 aromatic rings. The lowest BCUT2D eigenvalue weighted by atomic mass is 9.68. The molecule has 0 radical (unpaired) electrons. The van der Waals surface area contributed by atoms with Gasteiger partial charge in [0.15, 0.2) is 0 Å². The predicted molar refractivity (Wildman–Crippen MR) is 299 cm³/mol. The van der Waals surface area contributed by atoms with E-state index in [2.05, 4.69) is 41.8 Å². The van der Waals surface area contributed by atoms with Gasteiger partial charge in [-0.15, -0.1) is 0 Å². The summed E-state index contributed by atoms with van der Waals surface area (Å²) in [7, 11) is 0. The summed E-state index contributed by atoms with van der Waals surface area (Å²) in [6, 6.07) is 10.4. The predicted octanol–water partition coefficient (Wildman–Crippen LogP) is 19.3. The quantitative estimate of drug-likeness (QED) is 0.0900. The highest BCUT2D eigenvalue weighted by Gasteiger charge is 2.69. The zero-order chi connectivity index (χ0) is 57.7. The van der Waals surface area contributed by atoms with Gasteiger partial charge in [0.1, 0.15) is 46.5 Å². The molecule has 0 N–H and O–H groups in total. The van der Waals surface area contributed by atoms with Crippen molar-refractivity contribution in [2.24, 2.45) is 57.3 Å². The molecule has 0 amide bonds. The van der Waals surface area contributed by atoms with Crippen molar-refractivity contribution in [1.82, 2.24) is 0 Å². The Morgan fingerprint density at radius 1 is 0.641 bits per heavy atom. The van der Waals surface area contributed by atoms with E-state index in [0.717, 1.165) is 68.3 Å². The van der Waals surface area contributed by atoms with Crippen LogP contribution in [-0.4, -0.2) is 55.0 Å². The average molecular weight is 1340 g/mol. The highest BCUT2D eigenvalue weighted by molar-refractivity contribution is 9.10. The summed E-state index contributed by atoms with van der Waals surface area (Å²) in [5.74, 6) is -6.20. The summed E-state index contributed by atoms with van der Waals surface area (Å²) in [6.45, 7) is 11.3. The third-order valence-electron chi connectivity index (χ3n) is 15.9. The Morgan fingerprint density at radius 2 is 1.10 bits per heavy atom. The highest BCUT2D eigenvalue weighted by Crippen LogP contribution is 2.57. The molecule has 0 spiro atoms. The van der Waals surface area contributed by atoms with Gasteiger partial charge in [-0.1, -0.05) is 136 Å². The van der Waals surface area contributed by atoms with Gasteiger partial charge >= 0.3 is 24.3 Å². The van der Waals surface area contributed by atoms with E-state index in [1.807, 2.05) is 41.5 Å². The van der Waals surface area contributed by atoms with Gasteiger partial charge < -0.3 is 9.47 Å². The Morgan fingerprint density at radius 3 is 1.55 bits per heavy atom. The number of hydrogen-bond donors (Lipinski definition) is 0. The van der Waals surface area contributed by atoms with Gasteiger partial charge in [0.25, 0.3) is 0 Å². The Hall–Kier alpha value is -2.70. The van der Waals surface area contributed by atoms with Crippen LogP contribution in [0, 0.1) is 59.0 Å². The van der Waals surface area contributed by atoms with Crippen molar-refractivity contribution in [2.45, 2.75) is 121 Å². The maximum Gasteiger partial charge on any atom is 0.404 e. The van der Waals surface area contributed by atoms with Crippen LogP contribution >= 0.6 is 101 Å². The van der Waals surface area contributed by atoms with Crippen LogP contribution in [0.2, 0.25) is 30.1 Å². The first kappa shape index (κ1) is 62.9. The van der Waals surface area contributed by atoms with Crippen LogP contribution in [-0.2, 0) is 29.9 Å². The molecule has 0 saturated heterocycles.